The van der Waals surface area contributed by atoms with E-state index < -0.39 is 33.2 Å². The molecule has 16 heteroatoms. The van der Waals surface area contributed by atoms with Crippen molar-refractivity contribution in [1.29, 1.82) is 0 Å². The van der Waals surface area contributed by atoms with E-state index in [0.29, 0.717) is 48.9 Å². The Kier molecular flexibility index (Phi) is 8.71. The summed E-state index contributed by atoms with van der Waals surface area (Å²) < 4.78 is 70.4. The zero-order chi connectivity index (χ0) is 31.5. The molecule has 0 radical (unpaired) electrons. The van der Waals surface area contributed by atoms with Crippen LogP contribution in [0.1, 0.15) is 40.7 Å². The quantitative estimate of drug-likeness (QED) is 0.280. The molecule has 1 aliphatic heterocycles. The summed E-state index contributed by atoms with van der Waals surface area (Å²) in [6.07, 6.45) is -1.56. The van der Waals surface area contributed by atoms with Gasteiger partial charge in [0.1, 0.15) is 0 Å². The summed E-state index contributed by atoms with van der Waals surface area (Å²) in [6, 6.07) is 13.9. The lowest BCUT2D eigenvalue weighted by Gasteiger charge is -2.30. The number of nitrogens with one attached hydrogen (secondary N) is 2. The molecule has 4 aromatic rings. The van der Waals surface area contributed by atoms with E-state index in [1.54, 1.807) is 47.4 Å². The summed E-state index contributed by atoms with van der Waals surface area (Å²) >= 11 is 0. The van der Waals surface area contributed by atoms with Gasteiger partial charge in [-0.1, -0.05) is 23.4 Å². The maximum absolute atomic E-state index is 13.6. The Labute approximate surface area is 250 Å². The number of nitrogens with zero attached hydrogens (tertiary/aromatic N) is 5. The predicted molar refractivity (Wildman–Crippen MR) is 151 cm³/mol. The van der Waals surface area contributed by atoms with Crippen LogP contribution in [0.25, 0.3) is 17.1 Å². The number of halogens is 3. The smallest absolute Gasteiger partial charge is 0.350 e. The van der Waals surface area contributed by atoms with Gasteiger partial charge < -0.3 is 20.1 Å². The highest BCUT2D eigenvalue weighted by Crippen LogP contribution is 2.32. The average Bonchev–Trinajstić information content (AvgIpc) is 3.68. The zero-order valence-corrected chi connectivity index (χ0v) is 24.2. The lowest BCUT2D eigenvalue weighted by atomic mass is 9.97. The molecule has 0 saturated carbocycles. The first-order chi connectivity index (χ1) is 20.9. The minimum absolute atomic E-state index is 0.00379. The highest BCUT2D eigenvalue weighted by Gasteiger charge is 2.39. The van der Waals surface area contributed by atoms with Crippen LogP contribution in [0.15, 0.2) is 70.2 Å². The van der Waals surface area contributed by atoms with Gasteiger partial charge >= 0.3 is 12.2 Å². The number of para-hydroxylation sites is 1. The normalized spacial score (nSPS) is 14.4. The molecule has 1 saturated heterocycles. The number of rotatable bonds is 8. The molecule has 0 aliphatic carbocycles. The van der Waals surface area contributed by atoms with Crippen LogP contribution in [0.4, 0.5) is 18.0 Å². The number of carbonyl (C=O) groups excluding carboxylic acids is 2. The summed E-state index contributed by atoms with van der Waals surface area (Å²) in [6.45, 7) is 0.711. The van der Waals surface area contributed by atoms with Crippen molar-refractivity contribution < 1.29 is 35.7 Å². The van der Waals surface area contributed by atoms with E-state index in [1.807, 2.05) is 0 Å². The van der Waals surface area contributed by atoms with Crippen LogP contribution in [-0.2, 0) is 16.0 Å². The molecular formula is C28H28F3N7O5S. The molecule has 2 aromatic carbocycles. The van der Waals surface area contributed by atoms with E-state index in [-0.39, 0.29) is 29.9 Å². The molecule has 0 atom stereocenters. The SMILES string of the molecule is CS(=O)(=O)c1ccc(-c2noc(C3CCN(C(=O)NCCNC(=O)c4cn(-c5ccccc5)nc4C(F)(F)F)CC3)n2)cc1. The number of carbonyl (C=O) groups is 2. The highest BCUT2D eigenvalue weighted by atomic mass is 32.2. The maximum atomic E-state index is 13.6. The summed E-state index contributed by atoms with van der Waals surface area (Å²) in [5.41, 5.74) is -0.946. The third-order valence-corrected chi connectivity index (χ3v) is 8.18. The van der Waals surface area contributed by atoms with Crippen LogP contribution in [0.3, 0.4) is 0 Å². The first-order valence-corrected chi connectivity index (χ1v) is 15.5. The van der Waals surface area contributed by atoms with Crippen molar-refractivity contribution in [2.24, 2.45) is 0 Å². The zero-order valence-electron chi connectivity index (χ0n) is 23.4. The van der Waals surface area contributed by atoms with Gasteiger partial charge in [-0.3, -0.25) is 4.79 Å². The number of alkyl halides is 3. The fourth-order valence-corrected chi connectivity index (χ4v) is 5.34. The molecule has 44 heavy (non-hydrogen) atoms. The molecule has 3 heterocycles. The first-order valence-electron chi connectivity index (χ1n) is 13.6. The highest BCUT2D eigenvalue weighted by molar-refractivity contribution is 7.90. The number of benzene rings is 2. The van der Waals surface area contributed by atoms with E-state index in [1.165, 1.54) is 12.1 Å². The van der Waals surface area contributed by atoms with Crippen LogP contribution in [-0.4, -0.2) is 77.6 Å². The molecule has 0 spiro atoms. The summed E-state index contributed by atoms with van der Waals surface area (Å²) in [4.78, 5) is 31.4. The Hall–Kier alpha value is -4.73. The van der Waals surface area contributed by atoms with Crippen molar-refractivity contribution in [1.82, 2.24) is 35.5 Å². The number of likely N-dealkylation sites (tertiary alicyclic amines) is 1. The second kappa shape index (κ2) is 12.5. The van der Waals surface area contributed by atoms with Crippen molar-refractivity contribution in [3.8, 4) is 17.1 Å². The van der Waals surface area contributed by atoms with Gasteiger partial charge in [0, 0.05) is 50.1 Å². The van der Waals surface area contributed by atoms with Crippen molar-refractivity contribution in [2.45, 2.75) is 29.8 Å². The molecule has 5 rings (SSSR count). The molecule has 0 bridgehead atoms. The van der Waals surface area contributed by atoms with Gasteiger partial charge in [0.15, 0.2) is 15.5 Å². The number of sulfone groups is 1. The lowest BCUT2D eigenvalue weighted by molar-refractivity contribution is -0.141. The number of amides is 3. The van der Waals surface area contributed by atoms with Crippen molar-refractivity contribution >= 4 is 21.8 Å². The van der Waals surface area contributed by atoms with Gasteiger partial charge in [-0.05, 0) is 49.2 Å². The predicted octanol–water partition coefficient (Wildman–Crippen LogP) is 3.66. The van der Waals surface area contributed by atoms with Gasteiger partial charge in [0.05, 0.1) is 16.1 Å². The third kappa shape index (κ3) is 7.07. The van der Waals surface area contributed by atoms with E-state index in [0.717, 1.165) is 17.1 Å². The fraction of sp³-hybridized carbons (Fsp3) is 0.321. The van der Waals surface area contributed by atoms with Crippen LogP contribution in [0.5, 0.6) is 0 Å². The number of piperidine rings is 1. The van der Waals surface area contributed by atoms with E-state index >= 15 is 0 Å². The number of urea groups is 1. The minimum Gasteiger partial charge on any atom is -0.350 e. The number of hydrogen-bond acceptors (Lipinski definition) is 8. The Morgan fingerprint density at radius 3 is 2.30 bits per heavy atom. The fourth-order valence-electron chi connectivity index (χ4n) is 4.71. The Balaban J connectivity index is 1.09. The molecule has 232 valence electrons. The van der Waals surface area contributed by atoms with Crippen molar-refractivity contribution in [3.05, 3.63) is 77.9 Å². The molecule has 2 N–H and O–H groups in total. The van der Waals surface area contributed by atoms with Gasteiger partial charge in [0.25, 0.3) is 5.91 Å². The van der Waals surface area contributed by atoms with Crippen LogP contribution >= 0.6 is 0 Å². The molecule has 0 unspecified atom stereocenters. The van der Waals surface area contributed by atoms with E-state index in [2.05, 4.69) is 25.9 Å². The Morgan fingerprint density at radius 1 is 1.00 bits per heavy atom. The van der Waals surface area contributed by atoms with Crippen LogP contribution < -0.4 is 10.6 Å². The lowest BCUT2D eigenvalue weighted by Crippen LogP contribution is -2.46. The largest absolute Gasteiger partial charge is 0.435 e. The van der Waals surface area contributed by atoms with Gasteiger partial charge in [-0.2, -0.15) is 23.3 Å². The monoisotopic (exact) mass is 631 g/mol. The standard InChI is InChI=1S/C28H28F3N7O5S/c1-44(41,42)21-9-7-18(8-10-21)24-34-26(43-36-24)19-11-15-37(16-12-19)27(40)33-14-13-32-25(39)22-17-38(20-5-3-2-4-6-20)35-23(22)28(29,30)31/h2-10,17,19H,11-16H2,1H3,(H,32,39)(H,33,40). The average molecular weight is 632 g/mol. The maximum Gasteiger partial charge on any atom is 0.435 e. The summed E-state index contributed by atoms with van der Waals surface area (Å²) in [5, 5.41) is 12.6. The first kappa shape index (κ1) is 30.7. The Morgan fingerprint density at radius 2 is 1.66 bits per heavy atom. The van der Waals surface area contributed by atoms with Crippen LogP contribution in [0.2, 0.25) is 0 Å². The second-order valence-corrected chi connectivity index (χ2v) is 12.2. The minimum atomic E-state index is -4.83. The van der Waals surface area contributed by atoms with Crippen molar-refractivity contribution in [3.63, 3.8) is 0 Å². The van der Waals surface area contributed by atoms with Crippen LogP contribution in [0, 0.1) is 0 Å². The molecule has 2 aromatic heterocycles. The summed E-state index contributed by atoms with van der Waals surface area (Å²) in [7, 11) is -3.32. The van der Waals surface area contributed by atoms with E-state index in [4.69, 9.17) is 4.52 Å². The topological polar surface area (TPSA) is 152 Å². The molecule has 12 nitrogen and oxygen atoms in total. The molecular weight excluding hydrogens is 603 g/mol. The van der Waals surface area contributed by atoms with Gasteiger partial charge in [-0.15, -0.1) is 0 Å². The third-order valence-electron chi connectivity index (χ3n) is 7.05. The van der Waals surface area contributed by atoms with E-state index in [9.17, 15) is 31.2 Å². The molecule has 3 amide bonds. The van der Waals surface area contributed by atoms with Gasteiger partial charge in [-0.25, -0.2) is 17.9 Å². The van der Waals surface area contributed by atoms with Gasteiger partial charge in [0.2, 0.25) is 11.7 Å². The second-order valence-electron chi connectivity index (χ2n) is 10.2. The van der Waals surface area contributed by atoms with Crippen molar-refractivity contribution in [2.75, 3.05) is 32.4 Å². The number of aromatic nitrogens is 4. The molecule has 1 fully saturated rings. The number of hydrogen-bond donors (Lipinski definition) is 2. The molecule has 1 aliphatic rings. The summed E-state index contributed by atoms with van der Waals surface area (Å²) in [5.74, 6) is -0.282. The Bertz CT molecular complexity index is 1730.